The lowest BCUT2D eigenvalue weighted by Crippen LogP contribution is -2.11. The fourth-order valence-corrected chi connectivity index (χ4v) is 2.67. The fraction of sp³-hybridized carbons (Fsp3) is 0.308. The van der Waals surface area contributed by atoms with Crippen molar-refractivity contribution in [3.63, 3.8) is 0 Å². The maximum Gasteiger partial charge on any atom is 0.343 e. The summed E-state index contributed by atoms with van der Waals surface area (Å²) in [6.07, 6.45) is 1.44. The van der Waals surface area contributed by atoms with Crippen molar-refractivity contribution in [3.05, 3.63) is 28.7 Å². The zero-order chi connectivity index (χ0) is 15.7. The van der Waals surface area contributed by atoms with Gasteiger partial charge in [0.25, 0.3) is 0 Å². The van der Waals surface area contributed by atoms with Gasteiger partial charge in [0.1, 0.15) is 11.4 Å². The Morgan fingerprint density at radius 2 is 2.23 bits per heavy atom. The molecule has 22 heavy (non-hydrogen) atoms. The number of aryl methyl sites for hydroxylation is 2. The Morgan fingerprint density at radius 3 is 2.95 bits per heavy atom. The van der Waals surface area contributed by atoms with Gasteiger partial charge in [0, 0.05) is 11.6 Å². The number of carbonyl (C=O) groups is 1. The standard InChI is InChI=1S/C13H14N6O2S/c1-4-21-11(20)9-5-14-8(3)15-10(9)16-12-17-13-19(18-12)7(2)6-22-13/h5-6H,4H2,1-3H3,(H,14,15,16,18). The first-order chi connectivity index (χ1) is 10.6. The molecule has 114 valence electrons. The second-order valence-corrected chi connectivity index (χ2v) is 5.37. The lowest BCUT2D eigenvalue weighted by molar-refractivity contribution is 0.0526. The molecule has 0 aliphatic carbocycles. The van der Waals surface area contributed by atoms with Crippen molar-refractivity contribution in [1.82, 2.24) is 24.6 Å². The van der Waals surface area contributed by atoms with Crippen molar-refractivity contribution in [3.8, 4) is 0 Å². The number of aromatic nitrogens is 5. The van der Waals surface area contributed by atoms with Gasteiger partial charge in [-0.1, -0.05) is 0 Å². The van der Waals surface area contributed by atoms with E-state index in [-0.39, 0.29) is 12.2 Å². The molecule has 0 radical (unpaired) electrons. The predicted molar refractivity (Wildman–Crippen MR) is 81.6 cm³/mol. The van der Waals surface area contributed by atoms with E-state index in [0.29, 0.717) is 17.6 Å². The normalized spacial score (nSPS) is 10.9. The third-order valence-electron chi connectivity index (χ3n) is 2.88. The molecule has 0 saturated heterocycles. The topological polar surface area (TPSA) is 94.3 Å². The van der Waals surface area contributed by atoms with E-state index in [1.54, 1.807) is 18.4 Å². The number of hydrogen-bond donors (Lipinski definition) is 1. The quantitative estimate of drug-likeness (QED) is 0.736. The number of esters is 1. The Balaban J connectivity index is 1.96. The minimum absolute atomic E-state index is 0.252. The van der Waals surface area contributed by atoms with E-state index in [1.807, 2.05) is 12.3 Å². The molecule has 0 atom stereocenters. The van der Waals surface area contributed by atoms with E-state index in [1.165, 1.54) is 17.5 Å². The van der Waals surface area contributed by atoms with Crippen molar-refractivity contribution >= 4 is 34.0 Å². The van der Waals surface area contributed by atoms with Crippen LogP contribution >= 0.6 is 11.3 Å². The molecule has 0 bridgehead atoms. The Hall–Kier alpha value is -2.55. The highest BCUT2D eigenvalue weighted by atomic mass is 32.1. The molecule has 3 aromatic heterocycles. The Morgan fingerprint density at radius 1 is 1.41 bits per heavy atom. The van der Waals surface area contributed by atoms with Crippen LogP contribution in [0.15, 0.2) is 11.6 Å². The molecule has 3 aromatic rings. The average Bonchev–Trinajstić information content (AvgIpc) is 3.01. The third-order valence-corrected chi connectivity index (χ3v) is 3.82. The first-order valence-electron chi connectivity index (χ1n) is 6.67. The highest BCUT2D eigenvalue weighted by Crippen LogP contribution is 2.20. The largest absolute Gasteiger partial charge is 0.462 e. The average molecular weight is 318 g/mol. The monoisotopic (exact) mass is 318 g/mol. The SMILES string of the molecule is CCOC(=O)c1cnc(C)nc1Nc1nc2scc(C)n2n1. The summed E-state index contributed by atoms with van der Waals surface area (Å²) in [6, 6.07) is 0. The van der Waals surface area contributed by atoms with Gasteiger partial charge in [0.2, 0.25) is 10.9 Å². The first-order valence-corrected chi connectivity index (χ1v) is 7.55. The number of rotatable bonds is 4. The van der Waals surface area contributed by atoms with E-state index in [2.05, 4.69) is 25.4 Å². The van der Waals surface area contributed by atoms with Gasteiger partial charge in [-0.25, -0.2) is 19.3 Å². The van der Waals surface area contributed by atoms with Crippen LogP contribution in [0, 0.1) is 13.8 Å². The van der Waals surface area contributed by atoms with Gasteiger partial charge in [-0.2, -0.15) is 4.98 Å². The second kappa shape index (κ2) is 5.68. The summed E-state index contributed by atoms with van der Waals surface area (Å²) in [4.78, 5) is 25.4. The number of anilines is 2. The number of carbonyl (C=O) groups excluding carboxylic acids is 1. The molecule has 0 unspecified atom stereocenters. The predicted octanol–water partition coefficient (Wildman–Crippen LogP) is 2.12. The second-order valence-electron chi connectivity index (χ2n) is 4.53. The minimum atomic E-state index is -0.484. The molecule has 0 fully saturated rings. The molecule has 3 rings (SSSR count). The molecular formula is C13H14N6O2S. The zero-order valence-corrected chi connectivity index (χ0v) is 13.1. The summed E-state index contributed by atoms with van der Waals surface area (Å²) in [6.45, 7) is 5.71. The van der Waals surface area contributed by atoms with E-state index in [0.717, 1.165) is 10.7 Å². The van der Waals surface area contributed by atoms with E-state index < -0.39 is 5.97 Å². The molecule has 0 amide bonds. The summed E-state index contributed by atoms with van der Waals surface area (Å²) in [7, 11) is 0. The number of ether oxygens (including phenoxy) is 1. The number of hydrogen-bond acceptors (Lipinski definition) is 8. The molecule has 9 heteroatoms. The van der Waals surface area contributed by atoms with Crippen molar-refractivity contribution in [2.75, 3.05) is 11.9 Å². The Labute approximate surface area is 130 Å². The van der Waals surface area contributed by atoms with Gasteiger partial charge in [-0.3, -0.25) is 0 Å². The van der Waals surface area contributed by atoms with Crippen LogP contribution in [0.1, 0.15) is 28.8 Å². The van der Waals surface area contributed by atoms with Gasteiger partial charge in [0.15, 0.2) is 5.82 Å². The molecule has 0 aliphatic heterocycles. The molecular weight excluding hydrogens is 304 g/mol. The van der Waals surface area contributed by atoms with Gasteiger partial charge in [-0.15, -0.1) is 16.4 Å². The molecule has 0 aliphatic rings. The van der Waals surface area contributed by atoms with Crippen LogP contribution in [0.5, 0.6) is 0 Å². The Bertz CT molecular complexity index is 840. The summed E-state index contributed by atoms with van der Waals surface area (Å²) in [5.41, 5.74) is 1.24. The van der Waals surface area contributed by atoms with Crippen LogP contribution in [0.25, 0.3) is 4.96 Å². The van der Waals surface area contributed by atoms with Gasteiger partial charge in [-0.05, 0) is 20.8 Å². The zero-order valence-electron chi connectivity index (χ0n) is 12.3. The summed E-state index contributed by atoms with van der Waals surface area (Å²) in [5, 5.41) is 9.27. The van der Waals surface area contributed by atoms with Crippen molar-refractivity contribution in [2.45, 2.75) is 20.8 Å². The molecule has 8 nitrogen and oxygen atoms in total. The van der Waals surface area contributed by atoms with Crippen LogP contribution < -0.4 is 5.32 Å². The van der Waals surface area contributed by atoms with E-state index in [9.17, 15) is 4.79 Å². The maximum absolute atomic E-state index is 12.0. The number of thiazole rings is 1. The fourth-order valence-electron chi connectivity index (χ4n) is 1.87. The Kier molecular flexibility index (Phi) is 3.72. The van der Waals surface area contributed by atoms with Crippen molar-refractivity contribution in [1.29, 1.82) is 0 Å². The highest BCUT2D eigenvalue weighted by Gasteiger charge is 2.17. The molecule has 3 heterocycles. The summed E-state index contributed by atoms with van der Waals surface area (Å²) >= 11 is 1.49. The van der Waals surface area contributed by atoms with Crippen LogP contribution in [0.3, 0.4) is 0 Å². The van der Waals surface area contributed by atoms with Gasteiger partial charge < -0.3 is 10.1 Å². The number of fused-ring (bicyclic) bond motifs is 1. The van der Waals surface area contributed by atoms with E-state index >= 15 is 0 Å². The van der Waals surface area contributed by atoms with Crippen molar-refractivity contribution < 1.29 is 9.53 Å². The van der Waals surface area contributed by atoms with Gasteiger partial charge in [0.05, 0.1) is 12.3 Å². The lowest BCUT2D eigenvalue weighted by Gasteiger charge is -2.08. The van der Waals surface area contributed by atoms with Crippen LogP contribution in [-0.2, 0) is 4.74 Å². The van der Waals surface area contributed by atoms with Crippen LogP contribution in [0.4, 0.5) is 11.8 Å². The highest BCUT2D eigenvalue weighted by molar-refractivity contribution is 7.15. The maximum atomic E-state index is 12.0. The smallest absolute Gasteiger partial charge is 0.343 e. The van der Waals surface area contributed by atoms with Crippen LogP contribution in [-0.4, -0.2) is 37.1 Å². The first kappa shape index (κ1) is 14.4. The third kappa shape index (κ3) is 2.62. The molecule has 1 N–H and O–H groups in total. The number of nitrogens with zero attached hydrogens (tertiary/aromatic N) is 5. The lowest BCUT2D eigenvalue weighted by atomic mass is 10.3. The summed E-state index contributed by atoms with van der Waals surface area (Å²) in [5.74, 6) is 0.760. The number of nitrogens with one attached hydrogen (secondary N) is 1. The minimum Gasteiger partial charge on any atom is -0.462 e. The van der Waals surface area contributed by atoms with Gasteiger partial charge >= 0.3 is 5.97 Å². The summed E-state index contributed by atoms with van der Waals surface area (Å²) < 4.78 is 6.73. The van der Waals surface area contributed by atoms with E-state index in [4.69, 9.17) is 4.74 Å². The molecule has 0 saturated carbocycles. The van der Waals surface area contributed by atoms with Crippen LogP contribution in [0.2, 0.25) is 0 Å². The molecule has 0 spiro atoms. The van der Waals surface area contributed by atoms with Crippen molar-refractivity contribution in [2.24, 2.45) is 0 Å². The molecule has 0 aromatic carbocycles.